The Labute approximate surface area is 208 Å². The Morgan fingerprint density at radius 2 is 1.59 bits per heavy atom. The highest BCUT2D eigenvalue weighted by Gasteiger charge is 2.32. The van der Waals surface area contributed by atoms with Crippen molar-refractivity contribution in [2.75, 3.05) is 13.6 Å². The van der Waals surface area contributed by atoms with Crippen molar-refractivity contribution >= 4 is 33.4 Å². The molecule has 2 atom stereocenters. The molecule has 0 radical (unpaired) electrons. The van der Waals surface area contributed by atoms with E-state index in [-0.39, 0.29) is 23.4 Å². The van der Waals surface area contributed by atoms with Crippen molar-refractivity contribution in [1.82, 2.24) is 14.5 Å². The summed E-state index contributed by atoms with van der Waals surface area (Å²) in [4.78, 5) is 28.0. The van der Waals surface area contributed by atoms with Crippen LogP contribution in [0.3, 0.4) is 0 Å². The predicted molar refractivity (Wildman–Crippen MR) is 135 cm³/mol. The molecule has 2 amide bonds. The molecule has 0 aliphatic rings. The van der Waals surface area contributed by atoms with Gasteiger partial charge in [0.25, 0.3) is 0 Å². The number of amides is 2. The van der Waals surface area contributed by atoms with E-state index in [2.05, 4.69) is 5.32 Å². The standard InChI is InChI=1S/C25H34ClN3O4S/c1-6-19(4)27-25(31)23(7-2)29(16-20-10-8-18(3)9-11-20)24(30)17-28(5)34(32,33)22-14-12-21(26)13-15-22/h8-15,19,23H,6-7,16-17H2,1-5H3,(H,27,31)/t19-,23-/m0/s1. The molecule has 0 aliphatic heterocycles. The third kappa shape index (κ3) is 7.29. The number of aryl methyl sites for hydroxylation is 1. The molecular formula is C25H34ClN3O4S. The molecule has 0 unspecified atom stereocenters. The van der Waals surface area contributed by atoms with Gasteiger partial charge in [0.2, 0.25) is 21.8 Å². The van der Waals surface area contributed by atoms with Crippen molar-refractivity contribution < 1.29 is 18.0 Å². The number of hydrogen-bond donors (Lipinski definition) is 1. The zero-order valence-corrected chi connectivity index (χ0v) is 22.0. The average Bonchev–Trinajstić information content (AvgIpc) is 2.80. The monoisotopic (exact) mass is 507 g/mol. The first-order chi connectivity index (χ1) is 16.0. The molecule has 0 spiro atoms. The summed E-state index contributed by atoms with van der Waals surface area (Å²) in [5, 5.41) is 3.37. The maximum absolute atomic E-state index is 13.4. The summed E-state index contributed by atoms with van der Waals surface area (Å²) < 4.78 is 27.0. The molecule has 2 aromatic rings. The van der Waals surface area contributed by atoms with Crippen LogP contribution in [-0.2, 0) is 26.2 Å². The van der Waals surface area contributed by atoms with E-state index in [1.165, 1.54) is 36.2 Å². The third-order valence-electron chi connectivity index (χ3n) is 5.74. The van der Waals surface area contributed by atoms with E-state index in [9.17, 15) is 18.0 Å². The van der Waals surface area contributed by atoms with Crippen molar-refractivity contribution in [3.05, 3.63) is 64.7 Å². The van der Waals surface area contributed by atoms with Gasteiger partial charge >= 0.3 is 0 Å². The lowest BCUT2D eigenvalue weighted by atomic mass is 10.1. The highest BCUT2D eigenvalue weighted by atomic mass is 35.5. The molecular weight excluding hydrogens is 474 g/mol. The minimum absolute atomic E-state index is 0.0363. The van der Waals surface area contributed by atoms with E-state index in [1.54, 1.807) is 0 Å². The molecule has 1 N–H and O–H groups in total. The summed E-state index contributed by atoms with van der Waals surface area (Å²) in [5.41, 5.74) is 1.94. The molecule has 0 aliphatic carbocycles. The lowest BCUT2D eigenvalue weighted by molar-refractivity contribution is -0.141. The number of sulfonamides is 1. The summed E-state index contributed by atoms with van der Waals surface area (Å²) in [7, 11) is -2.56. The van der Waals surface area contributed by atoms with Gasteiger partial charge in [-0.15, -0.1) is 0 Å². The quantitative estimate of drug-likeness (QED) is 0.498. The van der Waals surface area contributed by atoms with Gasteiger partial charge in [0.1, 0.15) is 6.04 Å². The topological polar surface area (TPSA) is 86.8 Å². The van der Waals surface area contributed by atoms with Crippen LogP contribution < -0.4 is 5.32 Å². The van der Waals surface area contributed by atoms with Crippen molar-refractivity contribution in [3.8, 4) is 0 Å². The second-order valence-electron chi connectivity index (χ2n) is 8.46. The van der Waals surface area contributed by atoms with Crippen LogP contribution in [0.4, 0.5) is 0 Å². The fourth-order valence-corrected chi connectivity index (χ4v) is 4.65. The molecule has 9 heteroatoms. The van der Waals surface area contributed by atoms with Gasteiger partial charge in [-0.25, -0.2) is 8.42 Å². The fraction of sp³-hybridized carbons (Fsp3) is 0.440. The van der Waals surface area contributed by atoms with Crippen LogP contribution in [-0.4, -0.2) is 55.1 Å². The van der Waals surface area contributed by atoms with E-state index in [4.69, 9.17) is 11.6 Å². The number of nitrogens with one attached hydrogen (secondary N) is 1. The van der Waals surface area contributed by atoms with Crippen LogP contribution in [0.1, 0.15) is 44.7 Å². The van der Waals surface area contributed by atoms with Crippen LogP contribution in [0, 0.1) is 6.92 Å². The number of benzene rings is 2. The minimum Gasteiger partial charge on any atom is -0.352 e. The summed E-state index contributed by atoms with van der Waals surface area (Å²) in [5.74, 6) is -0.702. The SMILES string of the molecule is CC[C@H](C)NC(=O)[C@H](CC)N(Cc1ccc(C)cc1)C(=O)CN(C)S(=O)(=O)c1ccc(Cl)cc1. The molecule has 0 saturated carbocycles. The molecule has 34 heavy (non-hydrogen) atoms. The van der Waals surface area contributed by atoms with Gasteiger partial charge in [-0.3, -0.25) is 9.59 Å². The number of likely N-dealkylation sites (N-methyl/N-ethyl adjacent to an activating group) is 1. The first kappa shape index (κ1) is 27.8. The van der Waals surface area contributed by atoms with Crippen LogP contribution in [0.25, 0.3) is 0 Å². The number of hydrogen-bond acceptors (Lipinski definition) is 4. The van der Waals surface area contributed by atoms with Crippen molar-refractivity contribution in [2.24, 2.45) is 0 Å². The first-order valence-electron chi connectivity index (χ1n) is 11.4. The molecule has 7 nitrogen and oxygen atoms in total. The van der Waals surface area contributed by atoms with Gasteiger partial charge in [0.15, 0.2) is 0 Å². The number of carbonyl (C=O) groups excluding carboxylic acids is 2. The third-order valence-corrected chi connectivity index (χ3v) is 7.81. The summed E-state index contributed by atoms with van der Waals surface area (Å²) in [6.07, 6.45) is 1.16. The smallest absolute Gasteiger partial charge is 0.243 e. The Morgan fingerprint density at radius 1 is 1.00 bits per heavy atom. The van der Waals surface area contributed by atoms with Crippen LogP contribution in [0.15, 0.2) is 53.4 Å². The Hall–Kier alpha value is -2.42. The largest absolute Gasteiger partial charge is 0.352 e. The summed E-state index contributed by atoms with van der Waals surface area (Å²) >= 11 is 5.87. The minimum atomic E-state index is -3.91. The van der Waals surface area contributed by atoms with E-state index in [0.717, 1.165) is 21.9 Å². The van der Waals surface area contributed by atoms with Gasteiger partial charge < -0.3 is 10.2 Å². The van der Waals surface area contributed by atoms with Crippen molar-refractivity contribution in [2.45, 2.75) is 64.1 Å². The van der Waals surface area contributed by atoms with E-state index >= 15 is 0 Å². The van der Waals surface area contributed by atoms with E-state index in [1.807, 2.05) is 52.0 Å². The molecule has 0 bridgehead atoms. The van der Waals surface area contributed by atoms with Crippen molar-refractivity contribution in [3.63, 3.8) is 0 Å². The number of carbonyl (C=O) groups is 2. The van der Waals surface area contributed by atoms with Gasteiger partial charge in [0, 0.05) is 24.7 Å². The molecule has 0 aromatic heterocycles. The molecule has 2 rings (SSSR count). The molecule has 2 aromatic carbocycles. The van der Waals surface area contributed by atoms with Crippen LogP contribution in [0.2, 0.25) is 5.02 Å². The molecule has 0 fully saturated rings. The highest BCUT2D eigenvalue weighted by Crippen LogP contribution is 2.19. The summed E-state index contributed by atoms with van der Waals surface area (Å²) in [6, 6.07) is 12.7. The average molecular weight is 508 g/mol. The lowest BCUT2D eigenvalue weighted by Gasteiger charge is -2.32. The summed E-state index contributed by atoms with van der Waals surface area (Å²) in [6.45, 7) is 7.48. The van der Waals surface area contributed by atoms with Crippen molar-refractivity contribution in [1.29, 1.82) is 0 Å². The maximum atomic E-state index is 13.4. The van der Waals surface area contributed by atoms with Gasteiger partial charge in [-0.1, -0.05) is 55.3 Å². The number of halogens is 1. The Morgan fingerprint density at radius 3 is 2.12 bits per heavy atom. The number of nitrogens with zero attached hydrogens (tertiary/aromatic N) is 2. The van der Waals surface area contributed by atoms with Crippen LogP contribution >= 0.6 is 11.6 Å². The molecule has 0 heterocycles. The predicted octanol–water partition coefficient (Wildman–Crippen LogP) is 3.99. The molecule has 186 valence electrons. The number of rotatable bonds is 11. The lowest BCUT2D eigenvalue weighted by Crippen LogP contribution is -2.53. The van der Waals surface area contributed by atoms with E-state index in [0.29, 0.717) is 11.4 Å². The highest BCUT2D eigenvalue weighted by molar-refractivity contribution is 7.89. The first-order valence-corrected chi connectivity index (χ1v) is 13.2. The second-order valence-corrected chi connectivity index (χ2v) is 10.9. The van der Waals surface area contributed by atoms with Gasteiger partial charge in [-0.2, -0.15) is 4.31 Å². The fourth-order valence-electron chi connectivity index (χ4n) is 3.40. The second kappa shape index (κ2) is 12.3. The zero-order valence-electron chi connectivity index (χ0n) is 20.4. The maximum Gasteiger partial charge on any atom is 0.243 e. The van der Waals surface area contributed by atoms with E-state index < -0.39 is 28.5 Å². The Balaban J connectivity index is 2.32. The Kier molecular flexibility index (Phi) is 10.1. The van der Waals surface area contributed by atoms with Gasteiger partial charge in [0.05, 0.1) is 11.4 Å². The zero-order chi connectivity index (χ0) is 25.5. The van der Waals surface area contributed by atoms with Gasteiger partial charge in [-0.05, 0) is 56.5 Å². The Bertz CT molecular complexity index is 1070. The normalized spacial score (nSPS) is 13.4. The van der Waals surface area contributed by atoms with Crippen LogP contribution in [0.5, 0.6) is 0 Å². The molecule has 0 saturated heterocycles.